The summed E-state index contributed by atoms with van der Waals surface area (Å²) in [5, 5.41) is 4.02. The number of hydrogen-bond acceptors (Lipinski definition) is 3. The summed E-state index contributed by atoms with van der Waals surface area (Å²) >= 11 is 5.70. The van der Waals surface area contributed by atoms with Crippen molar-refractivity contribution >= 4 is 17.5 Å². The molecule has 1 aliphatic heterocycles. The number of hydrogen-bond donors (Lipinski definition) is 0. The van der Waals surface area contributed by atoms with Crippen molar-refractivity contribution in [3.63, 3.8) is 0 Å². The molecule has 1 saturated carbocycles. The van der Waals surface area contributed by atoms with E-state index >= 15 is 0 Å². The first-order valence-electron chi connectivity index (χ1n) is 6.03. The zero-order valence-electron chi connectivity index (χ0n) is 9.53. The van der Waals surface area contributed by atoms with Crippen molar-refractivity contribution in [3.05, 3.63) is 0 Å². The highest BCUT2D eigenvalue weighted by Gasteiger charge is 2.31. The maximum atomic E-state index is 11.9. The first-order chi connectivity index (χ1) is 7.83. The summed E-state index contributed by atoms with van der Waals surface area (Å²) < 4.78 is 5.31. The molecule has 0 unspecified atom stereocenters. The first-order valence-corrected chi connectivity index (χ1v) is 6.57. The Labute approximate surface area is 101 Å². The van der Waals surface area contributed by atoms with Gasteiger partial charge in [0.05, 0.1) is 13.2 Å². The molecule has 0 radical (unpaired) electrons. The van der Waals surface area contributed by atoms with Crippen molar-refractivity contribution in [1.29, 1.82) is 0 Å². The van der Waals surface area contributed by atoms with Crippen molar-refractivity contribution in [2.45, 2.75) is 31.7 Å². The number of alkyl halides is 1. The molecule has 92 valence electrons. The zero-order chi connectivity index (χ0) is 11.4. The van der Waals surface area contributed by atoms with Crippen LogP contribution in [0.5, 0.6) is 0 Å². The number of carbonyl (C=O) groups is 1. The van der Waals surface area contributed by atoms with Crippen LogP contribution < -0.4 is 0 Å². The molecule has 16 heavy (non-hydrogen) atoms. The number of ether oxygens (including phenoxy) is 1. The van der Waals surface area contributed by atoms with Gasteiger partial charge in [-0.25, -0.2) is 5.01 Å². The van der Waals surface area contributed by atoms with Crippen LogP contribution in [0.25, 0.3) is 0 Å². The Morgan fingerprint density at radius 1 is 1.31 bits per heavy atom. The van der Waals surface area contributed by atoms with Crippen molar-refractivity contribution < 1.29 is 9.53 Å². The molecular weight excluding hydrogens is 228 g/mol. The summed E-state index contributed by atoms with van der Waals surface area (Å²) in [7, 11) is 0. The van der Waals surface area contributed by atoms with Crippen molar-refractivity contribution in [2.75, 3.05) is 32.2 Å². The maximum absolute atomic E-state index is 11.9. The highest BCUT2D eigenvalue weighted by molar-refractivity contribution is 6.27. The second-order valence-corrected chi connectivity index (χ2v) is 4.64. The SMILES string of the molecule is O=C(CCl)N(C1CCCC1)N1CCOCC1. The molecule has 0 aromatic heterocycles. The maximum Gasteiger partial charge on any atom is 0.252 e. The van der Waals surface area contributed by atoms with Crippen molar-refractivity contribution in [1.82, 2.24) is 10.0 Å². The smallest absolute Gasteiger partial charge is 0.252 e. The third kappa shape index (κ3) is 2.67. The van der Waals surface area contributed by atoms with Gasteiger partial charge in [-0.2, -0.15) is 0 Å². The summed E-state index contributed by atoms with van der Waals surface area (Å²) in [4.78, 5) is 11.9. The van der Waals surface area contributed by atoms with Crippen LogP contribution in [0.2, 0.25) is 0 Å². The topological polar surface area (TPSA) is 32.8 Å². The number of rotatable bonds is 3. The molecule has 2 aliphatic rings. The van der Waals surface area contributed by atoms with Crippen LogP contribution in [0, 0.1) is 0 Å². The van der Waals surface area contributed by atoms with Gasteiger partial charge in [-0.1, -0.05) is 12.8 Å². The summed E-state index contributed by atoms with van der Waals surface area (Å²) in [6.45, 7) is 3.02. The van der Waals surface area contributed by atoms with E-state index in [4.69, 9.17) is 16.3 Å². The normalized spacial score (nSPS) is 23.6. The molecule has 0 bridgehead atoms. The molecular formula is C11H19ClN2O2. The van der Waals surface area contributed by atoms with Crippen molar-refractivity contribution in [3.8, 4) is 0 Å². The molecule has 1 aliphatic carbocycles. The Balaban J connectivity index is 2.03. The summed E-state index contributed by atoms with van der Waals surface area (Å²) in [6, 6.07) is 0.365. The van der Waals surface area contributed by atoms with Crippen molar-refractivity contribution in [2.24, 2.45) is 0 Å². The lowest BCUT2D eigenvalue weighted by Crippen LogP contribution is -2.55. The fourth-order valence-electron chi connectivity index (χ4n) is 2.57. The minimum Gasteiger partial charge on any atom is -0.379 e. The van der Waals surface area contributed by atoms with E-state index in [-0.39, 0.29) is 11.8 Å². The quantitative estimate of drug-likeness (QED) is 0.703. The molecule has 1 saturated heterocycles. The van der Waals surface area contributed by atoms with Crippen LogP contribution in [-0.2, 0) is 9.53 Å². The Morgan fingerprint density at radius 2 is 1.94 bits per heavy atom. The molecule has 2 rings (SSSR count). The zero-order valence-corrected chi connectivity index (χ0v) is 10.3. The summed E-state index contributed by atoms with van der Waals surface area (Å²) in [5.74, 6) is 0.115. The molecule has 0 N–H and O–H groups in total. The van der Waals surface area contributed by atoms with E-state index in [0.717, 1.165) is 25.9 Å². The highest BCUT2D eigenvalue weighted by Crippen LogP contribution is 2.25. The lowest BCUT2D eigenvalue weighted by molar-refractivity contribution is -0.161. The molecule has 2 fully saturated rings. The second kappa shape index (κ2) is 5.84. The average molecular weight is 247 g/mol. The van der Waals surface area contributed by atoms with Crippen LogP contribution in [0.1, 0.15) is 25.7 Å². The number of morpholine rings is 1. The lowest BCUT2D eigenvalue weighted by atomic mass is 10.2. The Kier molecular flexibility index (Phi) is 4.44. The highest BCUT2D eigenvalue weighted by atomic mass is 35.5. The fourth-order valence-corrected chi connectivity index (χ4v) is 2.69. The standard InChI is InChI=1S/C11H19ClN2O2/c12-9-11(15)14(10-3-1-2-4-10)13-5-7-16-8-6-13/h10H,1-9H2. The van der Waals surface area contributed by atoms with Gasteiger partial charge in [0, 0.05) is 19.1 Å². The molecule has 0 aromatic carbocycles. The van der Waals surface area contributed by atoms with E-state index < -0.39 is 0 Å². The van der Waals surface area contributed by atoms with E-state index in [2.05, 4.69) is 5.01 Å². The minimum absolute atomic E-state index is 0.0375. The number of amides is 1. The molecule has 4 nitrogen and oxygen atoms in total. The lowest BCUT2D eigenvalue weighted by Gasteiger charge is -2.40. The van der Waals surface area contributed by atoms with Gasteiger partial charge in [0.15, 0.2) is 0 Å². The molecule has 5 heteroatoms. The van der Waals surface area contributed by atoms with Gasteiger partial charge in [0.1, 0.15) is 5.88 Å². The molecule has 0 spiro atoms. The Bertz CT molecular complexity index is 238. The monoisotopic (exact) mass is 246 g/mol. The van der Waals surface area contributed by atoms with E-state index in [1.54, 1.807) is 0 Å². The minimum atomic E-state index is 0.0375. The number of halogens is 1. The van der Waals surface area contributed by atoms with E-state index in [0.29, 0.717) is 19.3 Å². The van der Waals surface area contributed by atoms with Gasteiger partial charge in [-0.3, -0.25) is 9.80 Å². The number of hydrazine groups is 1. The molecule has 1 amide bonds. The van der Waals surface area contributed by atoms with E-state index in [1.807, 2.05) is 5.01 Å². The second-order valence-electron chi connectivity index (χ2n) is 4.38. The van der Waals surface area contributed by atoms with Crippen LogP contribution in [0.3, 0.4) is 0 Å². The van der Waals surface area contributed by atoms with Crippen LogP contribution in [0.4, 0.5) is 0 Å². The summed E-state index contributed by atoms with van der Waals surface area (Å²) in [5.41, 5.74) is 0. The predicted octanol–water partition coefficient (Wildman–Crippen LogP) is 1.24. The molecule has 0 atom stereocenters. The van der Waals surface area contributed by atoms with Gasteiger partial charge in [-0.15, -0.1) is 11.6 Å². The largest absolute Gasteiger partial charge is 0.379 e. The van der Waals surface area contributed by atoms with Gasteiger partial charge in [-0.05, 0) is 12.8 Å². The predicted molar refractivity (Wildman–Crippen MR) is 62.2 cm³/mol. The number of carbonyl (C=O) groups excluding carboxylic acids is 1. The Hall–Kier alpha value is -0.320. The fraction of sp³-hybridized carbons (Fsp3) is 0.909. The van der Waals surface area contributed by atoms with Gasteiger partial charge in [0.25, 0.3) is 5.91 Å². The van der Waals surface area contributed by atoms with Gasteiger partial charge in [0.2, 0.25) is 0 Å². The molecule has 0 aromatic rings. The Morgan fingerprint density at radius 3 is 2.50 bits per heavy atom. The van der Waals surface area contributed by atoms with Gasteiger partial charge >= 0.3 is 0 Å². The number of nitrogens with zero attached hydrogens (tertiary/aromatic N) is 2. The van der Waals surface area contributed by atoms with Crippen LogP contribution in [0.15, 0.2) is 0 Å². The van der Waals surface area contributed by atoms with E-state index in [1.165, 1.54) is 12.8 Å². The first kappa shape index (κ1) is 12.1. The average Bonchev–Trinajstić information content (AvgIpc) is 2.84. The third-order valence-corrected chi connectivity index (χ3v) is 3.56. The van der Waals surface area contributed by atoms with Crippen LogP contribution in [-0.4, -0.2) is 54.2 Å². The molecule has 1 heterocycles. The van der Waals surface area contributed by atoms with Gasteiger partial charge < -0.3 is 4.74 Å². The third-order valence-electron chi connectivity index (χ3n) is 3.33. The summed E-state index contributed by atoms with van der Waals surface area (Å²) in [6.07, 6.45) is 4.67. The van der Waals surface area contributed by atoms with Crippen LogP contribution >= 0.6 is 11.6 Å². The van der Waals surface area contributed by atoms with E-state index in [9.17, 15) is 4.79 Å².